The summed E-state index contributed by atoms with van der Waals surface area (Å²) in [5, 5.41) is 12.3. The fourth-order valence-electron chi connectivity index (χ4n) is 2.81. The summed E-state index contributed by atoms with van der Waals surface area (Å²) >= 11 is 1.32. The Balaban J connectivity index is 1.77. The van der Waals surface area contributed by atoms with Gasteiger partial charge in [-0.05, 0) is 30.2 Å². The van der Waals surface area contributed by atoms with E-state index in [1.165, 1.54) is 11.3 Å². The van der Waals surface area contributed by atoms with Crippen LogP contribution < -0.4 is 14.8 Å². The van der Waals surface area contributed by atoms with Crippen molar-refractivity contribution < 1.29 is 14.3 Å². The van der Waals surface area contributed by atoms with E-state index >= 15 is 0 Å². The lowest BCUT2D eigenvalue weighted by molar-refractivity contribution is -0.117. The largest absolute Gasteiger partial charge is 0.493 e. The van der Waals surface area contributed by atoms with E-state index in [0.717, 1.165) is 11.1 Å². The highest BCUT2D eigenvalue weighted by atomic mass is 32.1. The van der Waals surface area contributed by atoms with E-state index < -0.39 is 0 Å². The highest BCUT2D eigenvalue weighted by Gasteiger charge is 2.20. The molecule has 0 bridgehead atoms. The van der Waals surface area contributed by atoms with E-state index in [1.54, 1.807) is 14.2 Å². The van der Waals surface area contributed by atoms with Crippen molar-refractivity contribution in [3.8, 4) is 22.1 Å². The van der Waals surface area contributed by atoms with Crippen molar-refractivity contribution in [2.24, 2.45) is 0 Å². The first kappa shape index (κ1) is 18.8. The molecule has 0 fully saturated rings. The SMILES string of the molecule is CCC(C(=O)Nc1nnc(-c2ccc(OC)c(OC)c2)s1)c1ccccc1. The second-order valence-electron chi connectivity index (χ2n) is 5.84. The normalized spacial score (nSPS) is 11.7. The predicted octanol–water partition coefficient (Wildman–Crippen LogP) is 4.35. The maximum Gasteiger partial charge on any atom is 0.233 e. The van der Waals surface area contributed by atoms with Crippen LogP contribution in [0.3, 0.4) is 0 Å². The molecule has 1 heterocycles. The van der Waals surface area contributed by atoms with Crippen LogP contribution in [0.25, 0.3) is 10.6 Å². The number of aromatic nitrogens is 2. The molecule has 0 aliphatic carbocycles. The minimum Gasteiger partial charge on any atom is -0.493 e. The van der Waals surface area contributed by atoms with Crippen LogP contribution in [0.1, 0.15) is 24.8 Å². The Kier molecular flexibility index (Phi) is 6.03. The minimum atomic E-state index is -0.223. The molecule has 3 rings (SSSR count). The average molecular weight is 383 g/mol. The van der Waals surface area contributed by atoms with Gasteiger partial charge in [0.05, 0.1) is 20.1 Å². The highest BCUT2D eigenvalue weighted by molar-refractivity contribution is 7.18. The van der Waals surface area contributed by atoms with Crippen molar-refractivity contribution in [1.82, 2.24) is 10.2 Å². The first-order chi connectivity index (χ1) is 13.2. The van der Waals surface area contributed by atoms with E-state index in [0.29, 0.717) is 28.1 Å². The third kappa shape index (κ3) is 4.25. The zero-order valence-corrected chi connectivity index (χ0v) is 16.2. The molecule has 3 aromatic rings. The molecule has 0 saturated carbocycles. The topological polar surface area (TPSA) is 73.3 Å². The summed E-state index contributed by atoms with van der Waals surface area (Å²) in [7, 11) is 3.18. The van der Waals surface area contributed by atoms with Gasteiger partial charge < -0.3 is 9.47 Å². The van der Waals surface area contributed by atoms with Gasteiger partial charge in [0, 0.05) is 5.56 Å². The van der Waals surface area contributed by atoms with Crippen LogP contribution in [0, 0.1) is 0 Å². The Morgan fingerprint density at radius 2 is 1.81 bits per heavy atom. The summed E-state index contributed by atoms with van der Waals surface area (Å²) < 4.78 is 10.6. The summed E-state index contributed by atoms with van der Waals surface area (Å²) in [4.78, 5) is 12.7. The number of methoxy groups -OCH3 is 2. The zero-order valence-electron chi connectivity index (χ0n) is 15.4. The molecule has 1 unspecified atom stereocenters. The van der Waals surface area contributed by atoms with Gasteiger partial charge in [-0.25, -0.2) is 0 Å². The van der Waals surface area contributed by atoms with Gasteiger partial charge in [-0.2, -0.15) is 0 Å². The van der Waals surface area contributed by atoms with Gasteiger partial charge >= 0.3 is 0 Å². The molecule has 0 saturated heterocycles. The van der Waals surface area contributed by atoms with Crippen molar-refractivity contribution in [2.45, 2.75) is 19.3 Å². The molecule has 1 atom stereocenters. The molecule has 6 nitrogen and oxygen atoms in total. The lowest BCUT2D eigenvalue weighted by Gasteiger charge is -2.13. The van der Waals surface area contributed by atoms with Crippen LogP contribution in [-0.4, -0.2) is 30.3 Å². The van der Waals surface area contributed by atoms with E-state index in [9.17, 15) is 4.79 Å². The summed E-state index contributed by atoms with van der Waals surface area (Å²) in [6, 6.07) is 15.3. The number of nitrogens with zero attached hydrogens (tertiary/aromatic N) is 2. The lowest BCUT2D eigenvalue weighted by atomic mass is 9.96. The Hall–Kier alpha value is -2.93. The number of nitrogens with one attached hydrogen (secondary N) is 1. The molecule has 0 spiro atoms. The highest BCUT2D eigenvalue weighted by Crippen LogP contribution is 2.34. The monoisotopic (exact) mass is 383 g/mol. The number of benzene rings is 2. The number of anilines is 1. The zero-order chi connectivity index (χ0) is 19.2. The molecular formula is C20H21N3O3S. The van der Waals surface area contributed by atoms with E-state index in [-0.39, 0.29) is 11.8 Å². The number of carbonyl (C=O) groups is 1. The summed E-state index contributed by atoms with van der Waals surface area (Å²) in [5.41, 5.74) is 1.84. The van der Waals surface area contributed by atoms with Gasteiger partial charge in [0.1, 0.15) is 5.01 Å². The van der Waals surface area contributed by atoms with Gasteiger partial charge in [-0.3, -0.25) is 10.1 Å². The maximum absolute atomic E-state index is 12.7. The first-order valence-corrected chi connectivity index (χ1v) is 9.39. The number of ether oxygens (including phenoxy) is 2. The quantitative estimate of drug-likeness (QED) is 0.656. The number of hydrogen-bond donors (Lipinski definition) is 1. The maximum atomic E-state index is 12.7. The van der Waals surface area contributed by atoms with Gasteiger partial charge in [-0.1, -0.05) is 48.6 Å². The Morgan fingerprint density at radius 3 is 2.48 bits per heavy atom. The Bertz CT molecular complexity index is 912. The average Bonchev–Trinajstić information content (AvgIpc) is 3.17. The molecule has 1 aromatic heterocycles. The van der Waals surface area contributed by atoms with Crippen LogP contribution in [-0.2, 0) is 4.79 Å². The second-order valence-corrected chi connectivity index (χ2v) is 6.82. The van der Waals surface area contributed by atoms with Crippen LogP contribution in [0.5, 0.6) is 11.5 Å². The van der Waals surface area contributed by atoms with Crippen molar-refractivity contribution in [1.29, 1.82) is 0 Å². The molecule has 27 heavy (non-hydrogen) atoms. The van der Waals surface area contributed by atoms with E-state index in [4.69, 9.17) is 9.47 Å². The third-order valence-corrected chi connectivity index (χ3v) is 5.10. The number of amides is 1. The molecule has 1 amide bonds. The molecule has 0 aliphatic rings. The molecular weight excluding hydrogens is 362 g/mol. The van der Waals surface area contributed by atoms with E-state index in [2.05, 4.69) is 15.5 Å². The number of rotatable bonds is 7. The standard InChI is InChI=1S/C20H21N3O3S/c1-4-15(13-8-6-5-7-9-13)18(24)21-20-23-22-19(27-20)14-10-11-16(25-2)17(12-14)26-3/h5-12,15H,4H2,1-3H3,(H,21,23,24). The van der Waals surface area contributed by atoms with Crippen LogP contribution in [0.15, 0.2) is 48.5 Å². The molecule has 140 valence electrons. The molecule has 0 radical (unpaired) electrons. The molecule has 7 heteroatoms. The minimum absolute atomic E-state index is 0.0845. The fraction of sp³-hybridized carbons (Fsp3) is 0.250. The van der Waals surface area contributed by atoms with E-state index in [1.807, 2.05) is 55.5 Å². The summed E-state index contributed by atoms with van der Waals surface area (Å²) in [6.45, 7) is 1.99. The van der Waals surface area contributed by atoms with Crippen molar-refractivity contribution in [2.75, 3.05) is 19.5 Å². The summed E-state index contributed by atoms with van der Waals surface area (Å²) in [5.74, 6) is 0.956. The first-order valence-electron chi connectivity index (χ1n) is 8.58. The third-order valence-electron chi connectivity index (χ3n) is 4.21. The van der Waals surface area contributed by atoms with Gasteiger partial charge in [-0.15, -0.1) is 10.2 Å². The Labute approximate surface area is 162 Å². The van der Waals surface area contributed by atoms with Gasteiger partial charge in [0.2, 0.25) is 11.0 Å². The Morgan fingerprint density at radius 1 is 1.07 bits per heavy atom. The molecule has 1 N–H and O–H groups in total. The molecule has 0 aliphatic heterocycles. The second kappa shape index (κ2) is 8.64. The fourth-order valence-corrected chi connectivity index (χ4v) is 3.55. The smallest absolute Gasteiger partial charge is 0.233 e. The van der Waals surface area contributed by atoms with Crippen molar-refractivity contribution in [3.63, 3.8) is 0 Å². The number of hydrogen-bond acceptors (Lipinski definition) is 6. The molecule has 2 aromatic carbocycles. The van der Waals surface area contributed by atoms with Gasteiger partial charge in [0.25, 0.3) is 0 Å². The van der Waals surface area contributed by atoms with Crippen molar-refractivity contribution >= 4 is 22.4 Å². The van der Waals surface area contributed by atoms with Crippen LogP contribution >= 0.6 is 11.3 Å². The lowest BCUT2D eigenvalue weighted by Crippen LogP contribution is -2.20. The van der Waals surface area contributed by atoms with Gasteiger partial charge in [0.15, 0.2) is 11.5 Å². The van der Waals surface area contributed by atoms with Crippen molar-refractivity contribution in [3.05, 3.63) is 54.1 Å². The van der Waals surface area contributed by atoms with Crippen LogP contribution in [0.4, 0.5) is 5.13 Å². The number of carbonyl (C=O) groups excluding carboxylic acids is 1. The predicted molar refractivity (Wildman–Crippen MR) is 107 cm³/mol. The summed E-state index contributed by atoms with van der Waals surface area (Å²) in [6.07, 6.45) is 0.706. The van der Waals surface area contributed by atoms with Crippen LogP contribution in [0.2, 0.25) is 0 Å².